The summed E-state index contributed by atoms with van der Waals surface area (Å²) >= 11 is 7.00. The van der Waals surface area contributed by atoms with E-state index in [1.165, 1.54) is 11.1 Å². The lowest BCUT2D eigenvalue weighted by atomic mass is 10.1. The summed E-state index contributed by atoms with van der Waals surface area (Å²) in [4.78, 5) is 2.30. The minimum atomic E-state index is 0.766. The van der Waals surface area contributed by atoms with Gasteiger partial charge < -0.3 is 9.47 Å². The summed E-state index contributed by atoms with van der Waals surface area (Å²) in [6.45, 7) is 3.01. The molecular formula is C32H25ClN2. The Balaban J connectivity index is 1.57. The molecule has 2 nitrogen and oxygen atoms in total. The molecule has 0 unspecified atom stereocenters. The molecule has 0 saturated carbocycles. The van der Waals surface area contributed by atoms with E-state index in [1.54, 1.807) is 0 Å². The van der Waals surface area contributed by atoms with Gasteiger partial charge in [0.15, 0.2) is 0 Å². The molecule has 3 heteroatoms. The summed E-state index contributed by atoms with van der Waals surface area (Å²) in [5.74, 6) is 0. The van der Waals surface area contributed by atoms with E-state index in [9.17, 15) is 0 Å². The predicted octanol–water partition coefficient (Wildman–Crippen LogP) is 9.26. The minimum absolute atomic E-state index is 0.766. The Morgan fingerprint density at radius 3 is 1.97 bits per heavy atom. The second-order valence-electron chi connectivity index (χ2n) is 8.67. The number of para-hydroxylation sites is 2. The van der Waals surface area contributed by atoms with Crippen molar-refractivity contribution in [2.75, 3.05) is 11.4 Å². The first-order valence-electron chi connectivity index (χ1n) is 12.0. The molecule has 0 radical (unpaired) electrons. The van der Waals surface area contributed by atoms with Gasteiger partial charge in [0.25, 0.3) is 0 Å². The Morgan fingerprint density at radius 1 is 0.629 bits per heavy atom. The van der Waals surface area contributed by atoms with Crippen molar-refractivity contribution in [3.8, 4) is 16.8 Å². The summed E-state index contributed by atoms with van der Waals surface area (Å²) in [6, 6.07) is 42.6. The number of rotatable bonds is 5. The topological polar surface area (TPSA) is 8.17 Å². The Labute approximate surface area is 210 Å². The van der Waals surface area contributed by atoms with Crippen molar-refractivity contribution in [2.45, 2.75) is 6.92 Å². The van der Waals surface area contributed by atoms with Crippen molar-refractivity contribution in [3.05, 3.63) is 126 Å². The molecule has 0 spiro atoms. The van der Waals surface area contributed by atoms with E-state index in [4.69, 9.17) is 11.6 Å². The Kier molecular flexibility index (Phi) is 5.52. The molecule has 0 bridgehead atoms. The number of fused-ring (bicyclic) bond motifs is 3. The van der Waals surface area contributed by atoms with E-state index in [-0.39, 0.29) is 0 Å². The predicted molar refractivity (Wildman–Crippen MR) is 150 cm³/mol. The Hall–Kier alpha value is -4.01. The van der Waals surface area contributed by atoms with Crippen molar-refractivity contribution < 1.29 is 0 Å². The van der Waals surface area contributed by atoms with E-state index in [0.29, 0.717) is 0 Å². The largest absolute Gasteiger partial charge is 0.342 e. The molecule has 0 aliphatic rings. The molecule has 6 aromatic rings. The standard InChI is InChI=1S/C32H25ClN2/c1-2-34(25-13-7-4-8-14-25)27-21-29(33)32-28-15-9-10-16-30(28)35(31(32)22-27)26-19-17-24(18-20-26)23-11-5-3-6-12-23/h3-22H,2H2,1H3. The minimum Gasteiger partial charge on any atom is -0.342 e. The molecule has 0 aliphatic carbocycles. The Bertz CT molecular complexity index is 1620. The average Bonchev–Trinajstić information content (AvgIpc) is 3.25. The normalized spacial score (nSPS) is 11.3. The van der Waals surface area contributed by atoms with Crippen molar-refractivity contribution in [2.24, 2.45) is 0 Å². The number of anilines is 2. The smallest absolute Gasteiger partial charge is 0.0576 e. The number of halogens is 1. The highest BCUT2D eigenvalue weighted by Crippen LogP contribution is 2.40. The molecular weight excluding hydrogens is 448 g/mol. The molecule has 0 atom stereocenters. The second-order valence-corrected chi connectivity index (χ2v) is 9.07. The van der Waals surface area contributed by atoms with E-state index in [0.717, 1.165) is 50.4 Å². The maximum atomic E-state index is 7.00. The molecule has 0 N–H and O–H groups in total. The SMILES string of the molecule is CCN(c1ccccc1)c1cc(Cl)c2c3ccccc3n(-c3ccc(-c4ccccc4)cc3)c2c1. The van der Waals surface area contributed by atoms with Crippen molar-refractivity contribution in [1.29, 1.82) is 0 Å². The van der Waals surface area contributed by atoms with Crippen LogP contribution in [0, 0.1) is 0 Å². The molecule has 1 heterocycles. The third-order valence-corrected chi connectivity index (χ3v) is 6.94. The van der Waals surface area contributed by atoms with E-state index in [1.807, 2.05) is 12.1 Å². The highest BCUT2D eigenvalue weighted by molar-refractivity contribution is 6.38. The van der Waals surface area contributed by atoms with Gasteiger partial charge >= 0.3 is 0 Å². The van der Waals surface area contributed by atoms with Crippen LogP contribution in [0.15, 0.2) is 121 Å². The fraction of sp³-hybridized carbons (Fsp3) is 0.0625. The summed E-state index contributed by atoms with van der Waals surface area (Å²) in [5, 5.41) is 3.01. The zero-order valence-electron chi connectivity index (χ0n) is 19.5. The molecule has 170 valence electrons. The summed E-state index contributed by atoms with van der Waals surface area (Å²) in [7, 11) is 0. The van der Waals surface area contributed by atoms with Gasteiger partial charge in [-0.15, -0.1) is 0 Å². The monoisotopic (exact) mass is 472 g/mol. The lowest BCUT2D eigenvalue weighted by molar-refractivity contribution is 1.02. The van der Waals surface area contributed by atoms with E-state index in [2.05, 4.69) is 126 Å². The van der Waals surface area contributed by atoms with Gasteiger partial charge in [0, 0.05) is 34.4 Å². The van der Waals surface area contributed by atoms with Crippen LogP contribution in [-0.2, 0) is 0 Å². The van der Waals surface area contributed by atoms with Crippen molar-refractivity contribution >= 4 is 44.8 Å². The first kappa shape index (κ1) is 21.5. The molecule has 0 aliphatic heterocycles. The van der Waals surface area contributed by atoms with Crippen LogP contribution in [0.4, 0.5) is 11.4 Å². The van der Waals surface area contributed by atoms with Crippen molar-refractivity contribution in [3.63, 3.8) is 0 Å². The number of nitrogens with zero attached hydrogens (tertiary/aromatic N) is 2. The van der Waals surface area contributed by atoms with Crippen LogP contribution < -0.4 is 4.90 Å². The first-order valence-corrected chi connectivity index (χ1v) is 12.3. The third kappa shape index (κ3) is 3.77. The Morgan fingerprint density at radius 2 is 1.26 bits per heavy atom. The van der Waals surface area contributed by atoms with E-state index >= 15 is 0 Å². The number of benzene rings is 5. The highest BCUT2D eigenvalue weighted by atomic mass is 35.5. The van der Waals surface area contributed by atoms with Crippen LogP contribution >= 0.6 is 11.6 Å². The highest BCUT2D eigenvalue weighted by Gasteiger charge is 2.18. The summed E-state index contributed by atoms with van der Waals surface area (Å²) < 4.78 is 2.33. The lowest BCUT2D eigenvalue weighted by Crippen LogP contribution is -2.15. The number of aromatic nitrogens is 1. The molecule has 0 fully saturated rings. The van der Waals surface area contributed by atoms with Crippen LogP contribution in [0.25, 0.3) is 38.6 Å². The zero-order chi connectivity index (χ0) is 23.8. The molecule has 1 aromatic heterocycles. The van der Waals surface area contributed by atoms with Crippen LogP contribution in [0.3, 0.4) is 0 Å². The summed E-state index contributed by atoms with van der Waals surface area (Å²) in [6.07, 6.45) is 0. The molecule has 0 amide bonds. The van der Waals surface area contributed by atoms with Crippen LogP contribution in [0.5, 0.6) is 0 Å². The van der Waals surface area contributed by atoms with Gasteiger partial charge in [-0.3, -0.25) is 0 Å². The molecule has 6 rings (SSSR count). The van der Waals surface area contributed by atoms with Crippen LogP contribution in [0.1, 0.15) is 6.92 Å². The van der Waals surface area contributed by atoms with Crippen molar-refractivity contribution in [1.82, 2.24) is 4.57 Å². The average molecular weight is 473 g/mol. The second kappa shape index (κ2) is 8.98. The fourth-order valence-corrected chi connectivity index (χ4v) is 5.33. The first-order chi connectivity index (χ1) is 17.2. The van der Waals surface area contributed by atoms with Gasteiger partial charge in [0.1, 0.15) is 0 Å². The quantitative estimate of drug-likeness (QED) is 0.242. The van der Waals surface area contributed by atoms with Crippen LogP contribution in [0.2, 0.25) is 5.02 Å². The maximum Gasteiger partial charge on any atom is 0.0576 e. The lowest BCUT2D eigenvalue weighted by Gasteiger charge is -2.24. The van der Waals surface area contributed by atoms with E-state index < -0.39 is 0 Å². The number of hydrogen-bond acceptors (Lipinski definition) is 1. The van der Waals surface area contributed by atoms with Gasteiger partial charge in [-0.2, -0.15) is 0 Å². The maximum absolute atomic E-state index is 7.00. The molecule has 5 aromatic carbocycles. The zero-order valence-corrected chi connectivity index (χ0v) is 20.3. The van der Waals surface area contributed by atoms with Crippen LogP contribution in [-0.4, -0.2) is 11.1 Å². The third-order valence-electron chi connectivity index (χ3n) is 6.64. The fourth-order valence-electron chi connectivity index (χ4n) is 5.02. The number of hydrogen-bond donors (Lipinski definition) is 0. The molecule has 0 saturated heterocycles. The van der Waals surface area contributed by atoms with Gasteiger partial charge in [0.05, 0.1) is 16.1 Å². The summed E-state index contributed by atoms with van der Waals surface area (Å²) in [5.41, 5.74) is 8.03. The van der Waals surface area contributed by atoms with Gasteiger partial charge in [0.2, 0.25) is 0 Å². The molecule has 35 heavy (non-hydrogen) atoms. The van der Waals surface area contributed by atoms with Gasteiger partial charge in [-0.25, -0.2) is 0 Å². The van der Waals surface area contributed by atoms with Gasteiger partial charge in [-0.1, -0.05) is 90.5 Å². The van der Waals surface area contributed by atoms with Gasteiger partial charge in [-0.05, 0) is 60.5 Å².